The number of para-hydroxylation sites is 1. The third-order valence-corrected chi connectivity index (χ3v) is 5.31. The predicted octanol–water partition coefficient (Wildman–Crippen LogP) is 2.06. The first-order valence-electron chi connectivity index (χ1n) is 9.81. The zero-order chi connectivity index (χ0) is 23.5. The van der Waals surface area contributed by atoms with Crippen LogP contribution in [-0.4, -0.2) is 45.6 Å². The molecular formula is C21H19BClN5O5. The summed E-state index contributed by atoms with van der Waals surface area (Å²) in [5.74, 6) is -0.332. The van der Waals surface area contributed by atoms with Gasteiger partial charge in [-0.15, -0.1) is 0 Å². The number of halogens is 1. The third kappa shape index (κ3) is 4.76. The maximum absolute atomic E-state index is 12.9. The fourth-order valence-corrected chi connectivity index (χ4v) is 3.62. The third-order valence-electron chi connectivity index (χ3n) is 4.98. The number of carbonyl (C=O) groups is 1. The first kappa shape index (κ1) is 22.6. The van der Waals surface area contributed by atoms with Gasteiger partial charge in [-0.05, 0) is 46.2 Å². The molecule has 12 heteroatoms. The highest BCUT2D eigenvalue weighted by Crippen LogP contribution is 2.31. The second kappa shape index (κ2) is 9.47. The van der Waals surface area contributed by atoms with Gasteiger partial charge in [-0.1, -0.05) is 35.9 Å². The molecule has 0 unspecified atom stereocenters. The molecule has 0 bridgehead atoms. The zero-order valence-electron chi connectivity index (χ0n) is 17.4. The van der Waals surface area contributed by atoms with Crippen molar-refractivity contribution in [2.75, 3.05) is 17.4 Å². The van der Waals surface area contributed by atoms with Crippen LogP contribution in [0.3, 0.4) is 0 Å². The molecule has 5 N–H and O–H groups in total. The average molecular weight is 468 g/mol. The van der Waals surface area contributed by atoms with Gasteiger partial charge in [0.1, 0.15) is 0 Å². The molecule has 0 saturated carbocycles. The average Bonchev–Trinajstić information content (AvgIpc) is 3.28. The minimum absolute atomic E-state index is 0.184. The standard InChI is InChI=1S/C21H19BClN5O5/c1-28(32)18-9-8-17(19-20(18)27-33-26-19)25-16-5-3-2-4-13(16)21(29)24-11-12-6-7-14(22(30)31)15(23)10-12/h2-10,25,30-32H,11H2,1H3,(H,24,29). The van der Waals surface area contributed by atoms with Crippen LogP contribution in [0.1, 0.15) is 15.9 Å². The number of nitrogens with zero attached hydrogens (tertiary/aromatic N) is 3. The lowest BCUT2D eigenvalue weighted by molar-refractivity contribution is 0.0951. The molecule has 0 aliphatic carbocycles. The molecule has 33 heavy (non-hydrogen) atoms. The van der Waals surface area contributed by atoms with Crippen molar-refractivity contribution in [2.45, 2.75) is 6.54 Å². The molecule has 1 aromatic heterocycles. The van der Waals surface area contributed by atoms with Crippen LogP contribution in [0.25, 0.3) is 11.0 Å². The van der Waals surface area contributed by atoms with Gasteiger partial charge in [0.25, 0.3) is 5.91 Å². The van der Waals surface area contributed by atoms with Crippen molar-refractivity contribution in [3.8, 4) is 0 Å². The van der Waals surface area contributed by atoms with E-state index in [1.54, 1.807) is 48.5 Å². The minimum Gasteiger partial charge on any atom is -0.423 e. The number of hydrogen-bond donors (Lipinski definition) is 5. The monoisotopic (exact) mass is 467 g/mol. The molecule has 4 aromatic rings. The molecular weight excluding hydrogens is 449 g/mol. The Kier molecular flexibility index (Phi) is 6.47. The second-order valence-electron chi connectivity index (χ2n) is 7.20. The second-order valence-corrected chi connectivity index (χ2v) is 7.61. The highest BCUT2D eigenvalue weighted by atomic mass is 35.5. The van der Waals surface area contributed by atoms with Crippen LogP contribution in [0.15, 0.2) is 59.2 Å². The highest BCUT2D eigenvalue weighted by Gasteiger charge is 2.18. The fourth-order valence-electron chi connectivity index (χ4n) is 3.32. The SMILES string of the molecule is CN(O)c1ccc(Nc2ccccc2C(=O)NCc2ccc(B(O)O)c(Cl)c2)c2nonc12. The van der Waals surface area contributed by atoms with Crippen molar-refractivity contribution in [3.05, 3.63) is 70.7 Å². The molecule has 1 heterocycles. The summed E-state index contributed by atoms with van der Waals surface area (Å²) < 4.78 is 4.83. The fraction of sp³-hybridized carbons (Fsp3) is 0.0952. The van der Waals surface area contributed by atoms with Crippen molar-refractivity contribution in [3.63, 3.8) is 0 Å². The molecule has 0 atom stereocenters. The van der Waals surface area contributed by atoms with Crippen molar-refractivity contribution < 1.29 is 24.7 Å². The number of anilines is 3. The lowest BCUT2D eigenvalue weighted by atomic mass is 9.80. The summed E-state index contributed by atoms with van der Waals surface area (Å²) in [5, 5.41) is 43.2. The van der Waals surface area contributed by atoms with E-state index in [9.17, 15) is 20.0 Å². The molecule has 4 rings (SSSR count). The lowest BCUT2D eigenvalue weighted by Gasteiger charge is -2.14. The van der Waals surface area contributed by atoms with Crippen molar-refractivity contribution in [1.29, 1.82) is 0 Å². The molecule has 0 fully saturated rings. The van der Waals surface area contributed by atoms with E-state index < -0.39 is 7.12 Å². The van der Waals surface area contributed by atoms with Crippen molar-refractivity contribution >= 4 is 58.2 Å². The van der Waals surface area contributed by atoms with Crippen LogP contribution in [0.5, 0.6) is 0 Å². The maximum atomic E-state index is 12.9. The van der Waals surface area contributed by atoms with E-state index in [0.717, 1.165) is 5.06 Å². The molecule has 0 spiro atoms. The van der Waals surface area contributed by atoms with Gasteiger partial charge in [0, 0.05) is 24.1 Å². The summed E-state index contributed by atoms with van der Waals surface area (Å²) in [6.07, 6.45) is 0. The molecule has 10 nitrogen and oxygen atoms in total. The number of amides is 1. The molecule has 3 aromatic carbocycles. The summed E-state index contributed by atoms with van der Waals surface area (Å²) in [6, 6.07) is 15.0. The van der Waals surface area contributed by atoms with Gasteiger partial charge in [0.15, 0.2) is 11.0 Å². The Hall–Kier alpha value is -3.64. The van der Waals surface area contributed by atoms with Crippen molar-refractivity contribution in [2.24, 2.45) is 0 Å². The van der Waals surface area contributed by atoms with Gasteiger partial charge < -0.3 is 20.7 Å². The largest absolute Gasteiger partial charge is 0.489 e. The molecule has 0 saturated heterocycles. The smallest absolute Gasteiger partial charge is 0.423 e. The Morgan fingerprint density at radius 2 is 1.85 bits per heavy atom. The van der Waals surface area contributed by atoms with E-state index in [1.165, 1.54) is 13.1 Å². The predicted molar refractivity (Wildman–Crippen MR) is 124 cm³/mol. The van der Waals surface area contributed by atoms with E-state index in [-0.39, 0.29) is 22.9 Å². The van der Waals surface area contributed by atoms with Gasteiger partial charge in [-0.3, -0.25) is 15.1 Å². The number of hydroxylamine groups is 1. The topological polar surface area (TPSA) is 144 Å². The quantitative estimate of drug-likeness (QED) is 0.204. The van der Waals surface area contributed by atoms with E-state index in [4.69, 9.17) is 16.2 Å². The van der Waals surface area contributed by atoms with Gasteiger partial charge in [0.05, 0.1) is 22.6 Å². The van der Waals surface area contributed by atoms with Crippen LogP contribution in [0.4, 0.5) is 17.1 Å². The molecule has 0 aliphatic heterocycles. The van der Waals surface area contributed by atoms with Crippen LogP contribution < -0.4 is 21.2 Å². The first-order chi connectivity index (χ1) is 15.8. The van der Waals surface area contributed by atoms with E-state index in [0.29, 0.717) is 39.2 Å². The van der Waals surface area contributed by atoms with Crippen LogP contribution >= 0.6 is 11.6 Å². The summed E-state index contributed by atoms with van der Waals surface area (Å²) in [7, 11) is -0.208. The van der Waals surface area contributed by atoms with E-state index in [2.05, 4.69) is 20.9 Å². The number of hydrogen-bond acceptors (Lipinski definition) is 9. The van der Waals surface area contributed by atoms with Crippen LogP contribution in [0.2, 0.25) is 5.02 Å². The number of aromatic nitrogens is 2. The van der Waals surface area contributed by atoms with Crippen LogP contribution in [0, 0.1) is 0 Å². The Balaban J connectivity index is 1.54. The summed E-state index contributed by atoms with van der Waals surface area (Å²) in [6.45, 7) is 0.184. The van der Waals surface area contributed by atoms with Crippen LogP contribution in [-0.2, 0) is 6.54 Å². The zero-order valence-corrected chi connectivity index (χ0v) is 18.1. The molecule has 0 aliphatic rings. The normalized spacial score (nSPS) is 10.8. The number of benzene rings is 3. The summed E-state index contributed by atoms with van der Waals surface area (Å²) in [5.41, 5.74) is 3.52. The summed E-state index contributed by atoms with van der Waals surface area (Å²) in [4.78, 5) is 12.9. The Morgan fingerprint density at radius 3 is 2.58 bits per heavy atom. The lowest BCUT2D eigenvalue weighted by Crippen LogP contribution is -2.31. The number of carbonyl (C=O) groups excluding carboxylic acids is 1. The van der Waals surface area contributed by atoms with Gasteiger partial charge in [-0.2, -0.15) is 0 Å². The minimum atomic E-state index is -1.67. The van der Waals surface area contributed by atoms with Gasteiger partial charge >= 0.3 is 7.12 Å². The molecule has 0 radical (unpaired) electrons. The Bertz CT molecular complexity index is 1310. The maximum Gasteiger partial charge on any atom is 0.489 e. The number of fused-ring (bicyclic) bond motifs is 1. The first-order valence-corrected chi connectivity index (χ1v) is 10.2. The highest BCUT2D eigenvalue weighted by molar-refractivity contribution is 6.62. The molecule has 1 amide bonds. The van der Waals surface area contributed by atoms with E-state index in [1.807, 2.05) is 0 Å². The summed E-state index contributed by atoms with van der Waals surface area (Å²) >= 11 is 6.06. The Labute approximate surface area is 193 Å². The van der Waals surface area contributed by atoms with E-state index >= 15 is 0 Å². The van der Waals surface area contributed by atoms with Crippen molar-refractivity contribution in [1.82, 2.24) is 15.6 Å². The number of nitrogens with one attached hydrogen (secondary N) is 2. The van der Waals surface area contributed by atoms with Gasteiger partial charge in [0.2, 0.25) is 0 Å². The van der Waals surface area contributed by atoms with Gasteiger partial charge in [-0.25, -0.2) is 4.63 Å². The number of rotatable bonds is 7. The molecule has 168 valence electrons. The Morgan fingerprint density at radius 1 is 1.09 bits per heavy atom.